The lowest BCUT2D eigenvalue weighted by molar-refractivity contribution is -0.161. The Balaban J connectivity index is 4.50. The molecule has 0 radical (unpaired) electrons. The van der Waals surface area contributed by atoms with Crippen LogP contribution in [-0.2, 0) is 32.7 Å². The van der Waals surface area contributed by atoms with Gasteiger partial charge in [0.25, 0.3) is 0 Å². The minimum absolute atomic E-state index is 0.0836. The van der Waals surface area contributed by atoms with Crippen LogP contribution in [0.1, 0.15) is 129 Å². The molecule has 2 unspecified atom stereocenters. The highest BCUT2D eigenvalue weighted by Crippen LogP contribution is 2.43. The molecule has 3 N–H and O–H groups in total. The number of esters is 2. The Morgan fingerprint density at radius 1 is 0.608 bits per heavy atom. The molecule has 0 aromatic heterocycles. The Labute approximate surface area is 308 Å². The molecule has 0 spiro atoms. The van der Waals surface area contributed by atoms with Crippen LogP contribution in [0.2, 0.25) is 0 Å². The normalized spacial score (nSPS) is 14.8. The van der Waals surface area contributed by atoms with Crippen molar-refractivity contribution >= 4 is 19.8 Å². The van der Waals surface area contributed by atoms with E-state index < -0.39 is 51.8 Å². The van der Waals surface area contributed by atoms with Crippen LogP contribution in [0.3, 0.4) is 0 Å². The van der Waals surface area contributed by atoms with Gasteiger partial charge < -0.3 is 24.6 Å². The number of carbonyl (C=O) groups excluding carboxylic acids is 2. The standard InChI is InChI=1S/C40H67O10P/c1-3-5-7-9-11-13-15-17-18-20-21-23-25-27-29-31-39(43)47-35-38(36-49-51(45,46)48-34-37(42)33-41)50-40(44)32-30-28-26-24-22-19-16-14-12-10-8-6-4-2/h6,8,10,12-16,19,22,24,26,37-38,41-42H,3-5,7,9,11,17-18,20-21,23,25,27-36H2,1-2H3,(H,45,46)/b8-6+,12-10+,15-13+,16-14+,22-19+,26-24+/t37-,38?/m0/s1. The molecule has 0 aliphatic rings. The molecule has 0 fully saturated rings. The summed E-state index contributed by atoms with van der Waals surface area (Å²) in [7, 11) is -4.63. The van der Waals surface area contributed by atoms with Gasteiger partial charge in [-0.3, -0.25) is 18.6 Å². The van der Waals surface area contributed by atoms with Gasteiger partial charge in [-0.2, -0.15) is 0 Å². The molecule has 0 aliphatic heterocycles. The van der Waals surface area contributed by atoms with Crippen LogP contribution in [0.5, 0.6) is 0 Å². The largest absolute Gasteiger partial charge is 0.472 e. The minimum atomic E-state index is -4.63. The summed E-state index contributed by atoms with van der Waals surface area (Å²) in [6, 6.07) is 0. The van der Waals surface area contributed by atoms with Crippen LogP contribution >= 0.6 is 7.82 Å². The monoisotopic (exact) mass is 738 g/mol. The third-order valence-corrected chi connectivity index (χ3v) is 8.42. The molecule has 0 amide bonds. The molecule has 51 heavy (non-hydrogen) atoms. The number of phosphoric acid groups is 1. The zero-order chi connectivity index (χ0) is 37.7. The Morgan fingerprint density at radius 3 is 1.73 bits per heavy atom. The molecule has 0 rings (SSSR count). The van der Waals surface area contributed by atoms with Crippen LogP contribution < -0.4 is 0 Å². The van der Waals surface area contributed by atoms with Crippen molar-refractivity contribution < 1.29 is 47.8 Å². The molecule has 0 saturated heterocycles. The number of hydrogen-bond donors (Lipinski definition) is 3. The van der Waals surface area contributed by atoms with E-state index in [0.29, 0.717) is 19.3 Å². The van der Waals surface area contributed by atoms with E-state index in [1.165, 1.54) is 51.4 Å². The summed E-state index contributed by atoms with van der Waals surface area (Å²) >= 11 is 0. The molecule has 0 aliphatic carbocycles. The van der Waals surface area contributed by atoms with Gasteiger partial charge in [-0.25, -0.2) is 4.57 Å². The Morgan fingerprint density at radius 2 is 1.12 bits per heavy atom. The van der Waals surface area contributed by atoms with Gasteiger partial charge in [-0.05, 0) is 51.4 Å². The lowest BCUT2D eigenvalue weighted by Gasteiger charge is -2.20. The average molecular weight is 739 g/mol. The smallest absolute Gasteiger partial charge is 0.462 e. The maximum absolute atomic E-state index is 12.5. The second-order valence-corrected chi connectivity index (χ2v) is 13.8. The first-order chi connectivity index (χ1) is 24.7. The zero-order valence-corrected chi connectivity index (χ0v) is 32.2. The first-order valence-corrected chi connectivity index (χ1v) is 20.5. The maximum Gasteiger partial charge on any atom is 0.472 e. The van der Waals surface area contributed by atoms with Gasteiger partial charge in [-0.1, -0.05) is 138 Å². The number of phosphoric ester groups is 1. The fraction of sp³-hybridized carbons (Fsp3) is 0.650. The fourth-order valence-electron chi connectivity index (χ4n) is 4.55. The minimum Gasteiger partial charge on any atom is -0.462 e. The highest BCUT2D eigenvalue weighted by Gasteiger charge is 2.27. The van der Waals surface area contributed by atoms with E-state index in [0.717, 1.165) is 32.1 Å². The van der Waals surface area contributed by atoms with Crippen molar-refractivity contribution in [3.8, 4) is 0 Å². The predicted molar refractivity (Wildman–Crippen MR) is 205 cm³/mol. The molecule has 3 atom stereocenters. The van der Waals surface area contributed by atoms with Gasteiger partial charge >= 0.3 is 19.8 Å². The van der Waals surface area contributed by atoms with E-state index in [1.54, 1.807) is 0 Å². The lowest BCUT2D eigenvalue weighted by Crippen LogP contribution is -2.29. The summed E-state index contributed by atoms with van der Waals surface area (Å²) in [5.74, 6) is -1.03. The van der Waals surface area contributed by atoms with Gasteiger partial charge in [0.15, 0.2) is 6.10 Å². The van der Waals surface area contributed by atoms with Gasteiger partial charge in [0, 0.05) is 12.8 Å². The van der Waals surface area contributed by atoms with E-state index in [2.05, 4.69) is 36.6 Å². The molecule has 10 nitrogen and oxygen atoms in total. The summed E-state index contributed by atoms with van der Waals surface area (Å²) in [4.78, 5) is 34.8. The van der Waals surface area contributed by atoms with Crippen LogP contribution in [0.25, 0.3) is 0 Å². The number of unbranched alkanes of at least 4 members (excludes halogenated alkanes) is 12. The molecule has 0 aromatic carbocycles. The summed E-state index contributed by atoms with van der Waals surface area (Å²) in [6.07, 6.45) is 38.9. The van der Waals surface area contributed by atoms with Crippen LogP contribution in [0.15, 0.2) is 72.9 Å². The highest BCUT2D eigenvalue weighted by molar-refractivity contribution is 7.47. The topological polar surface area (TPSA) is 149 Å². The van der Waals surface area contributed by atoms with Gasteiger partial charge in [0.1, 0.15) is 12.7 Å². The van der Waals surface area contributed by atoms with E-state index in [1.807, 2.05) is 54.7 Å². The quantitative estimate of drug-likeness (QED) is 0.0192. The number of aliphatic hydroxyl groups excluding tert-OH is 2. The molecule has 0 bridgehead atoms. The van der Waals surface area contributed by atoms with Gasteiger partial charge in [0.2, 0.25) is 0 Å². The zero-order valence-electron chi connectivity index (χ0n) is 31.3. The van der Waals surface area contributed by atoms with Gasteiger partial charge in [-0.15, -0.1) is 0 Å². The van der Waals surface area contributed by atoms with Crippen molar-refractivity contribution in [2.45, 2.75) is 142 Å². The van der Waals surface area contributed by atoms with Crippen LogP contribution in [0.4, 0.5) is 0 Å². The molecule has 0 heterocycles. The number of rotatable bonds is 34. The Hall–Kier alpha value is -2.59. The van der Waals surface area contributed by atoms with Crippen molar-refractivity contribution in [1.29, 1.82) is 0 Å². The van der Waals surface area contributed by atoms with Crippen molar-refractivity contribution in [1.82, 2.24) is 0 Å². The van der Waals surface area contributed by atoms with Gasteiger partial charge in [0.05, 0.1) is 19.8 Å². The maximum atomic E-state index is 12.5. The second-order valence-electron chi connectivity index (χ2n) is 12.3. The first kappa shape index (κ1) is 48.4. The molecular formula is C40H67O10P. The first-order valence-electron chi connectivity index (χ1n) is 19.0. The lowest BCUT2D eigenvalue weighted by atomic mass is 10.1. The Kier molecular flexibility index (Phi) is 34.0. The third kappa shape index (κ3) is 35.6. The van der Waals surface area contributed by atoms with Crippen molar-refractivity contribution in [2.75, 3.05) is 26.4 Å². The van der Waals surface area contributed by atoms with Crippen LogP contribution in [0, 0.1) is 0 Å². The molecule has 0 aromatic rings. The molecule has 292 valence electrons. The van der Waals surface area contributed by atoms with Crippen molar-refractivity contribution in [3.05, 3.63) is 72.9 Å². The SMILES string of the molecule is CC/C=C/C=C/C=C/C=C/C=C/CCCC(=O)OC(COC(=O)CCCCCCCCC/C=C/CCCCCC)COP(=O)(O)OC[C@@H](O)CO. The average Bonchev–Trinajstić information content (AvgIpc) is 3.12. The summed E-state index contributed by atoms with van der Waals surface area (Å²) in [5.41, 5.74) is 0. The van der Waals surface area contributed by atoms with Crippen molar-refractivity contribution in [2.24, 2.45) is 0 Å². The summed E-state index contributed by atoms with van der Waals surface area (Å²) in [5, 5.41) is 18.3. The van der Waals surface area contributed by atoms with Crippen molar-refractivity contribution in [3.63, 3.8) is 0 Å². The van der Waals surface area contributed by atoms with Crippen LogP contribution in [-0.4, -0.2) is 65.7 Å². The third-order valence-electron chi connectivity index (χ3n) is 7.47. The highest BCUT2D eigenvalue weighted by atomic mass is 31.2. The number of allylic oxidation sites excluding steroid dienone is 12. The van der Waals surface area contributed by atoms with E-state index in [-0.39, 0.29) is 19.4 Å². The number of carbonyl (C=O) groups is 2. The summed E-state index contributed by atoms with van der Waals surface area (Å²) < 4.78 is 32.5. The predicted octanol–water partition coefficient (Wildman–Crippen LogP) is 9.33. The second kappa shape index (κ2) is 35.8. The summed E-state index contributed by atoms with van der Waals surface area (Å²) in [6.45, 7) is 2.10. The van der Waals surface area contributed by atoms with E-state index in [9.17, 15) is 24.2 Å². The molecular weight excluding hydrogens is 671 g/mol. The fourth-order valence-corrected chi connectivity index (χ4v) is 5.33. The van der Waals surface area contributed by atoms with E-state index in [4.69, 9.17) is 19.1 Å². The number of hydrogen-bond acceptors (Lipinski definition) is 9. The number of aliphatic hydroxyl groups is 2. The van der Waals surface area contributed by atoms with E-state index >= 15 is 0 Å². The Bertz CT molecular complexity index is 1080. The molecule has 0 saturated carbocycles. The molecule has 11 heteroatoms. The number of ether oxygens (including phenoxy) is 2.